The van der Waals surface area contributed by atoms with E-state index in [4.69, 9.17) is 11.6 Å². The monoisotopic (exact) mass is 409 g/mol. The number of hydrogen-bond acceptors (Lipinski definition) is 4. The summed E-state index contributed by atoms with van der Waals surface area (Å²) >= 11 is 7.23. The Morgan fingerprint density at radius 1 is 1.53 bits per heavy atom. The Kier molecular flexibility index (Phi) is 5.65. The van der Waals surface area contributed by atoms with Gasteiger partial charge in [-0.1, -0.05) is 0 Å². The summed E-state index contributed by atoms with van der Waals surface area (Å²) in [5.41, 5.74) is 0.310. The van der Waals surface area contributed by atoms with Crippen molar-refractivity contribution in [3.63, 3.8) is 0 Å². The van der Waals surface area contributed by atoms with Crippen LogP contribution in [-0.4, -0.2) is 24.4 Å². The number of rotatable bonds is 4. The van der Waals surface area contributed by atoms with E-state index < -0.39 is 18.1 Å². The van der Waals surface area contributed by atoms with Crippen LogP contribution >= 0.6 is 34.2 Å². The van der Waals surface area contributed by atoms with Gasteiger partial charge in [0.1, 0.15) is 3.70 Å². The number of carbonyl (C=O) groups excluding carboxylic acids is 1. The second-order valence-corrected chi connectivity index (χ2v) is 4.61. The maximum Gasteiger partial charge on any atom is 0.573 e. The topological polar surface area (TPSA) is 48.4 Å². The third kappa shape index (κ3) is 4.68. The molecule has 19 heavy (non-hydrogen) atoms. The van der Waals surface area contributed by atoms with Gasteiger partial charge >= 0.3 is 12.3 Å². The predicted octanol–water partition coefficient (Wildman–Crippen LogP) is 3.04. The summed E-state index contributed by atoms with van der Waals surface area (Å²) in [4.78, 5) is 14.9. The number of halogens is 5. The minimum Gasteiger partial charge on any atom is -0.469 e. The highest BCUT2D eigenvalue weighted by atomic mass is 127. The Bertz CT molecular complexity index is 482. The van der Waals surface area contributed by atoms with Crippen LogP contribution in [0, 0.1) is 3.70 Å². The Balaban J connectivity index is 3.21. The lowest BCUT2D eigenvalue weighted by Gasteiger charge is -2.15. The summed E-state index contributed by atoms with van der Waals surface area (Å²) in [6.07, 6.45) is -3.80. The normalized spacial score (nSPS) is 11.3. The molecule has 0 spiro atoms. The fourth-order valence-corrected chi connectivity index (χ4v) is 2.16. The molecule has 0 aliphatic rings. The van der Waals surface area contributed by atoms with E-state index in [1.807, 2.05) is 0 Å². The molecule has 0 radical (unpaired) electrons. The molecule has 0 N–H and O–H groups in total. The van der Waals surface area contributed by atoms with Gasteiger partial charge in [-0.05, 0) is 28.2 Å². The average molecular weight is 410 g/mol. The van der Waals surface area contributed by atoms with Crippen LogP contribution < -0.4 is 4.74 Å². The SMILES string of the molecule is COC(=O)Cc1cnc(I)c(OC(F)(F)F)c1CCl. The van der Waals surface area contributed by atoms with Gasteiger partial charge in [0.05, 0.1) is 19.4 Å². The molecular formula is C10H8ClF3INO3. The predicted molar refractivity (Wildman–Crippen MR) is 68.9 cm³/mol. The quantitative estimate of drug-likeness (QED) is 0.332. The first-order valence-corrected chi connectivity index (χ1v) is 6.44. The van der Waals surface area contributed by atoms with Crippen molar-refractivity contribution in [2.75, 3.05) is 7.11 Å². The Labute approximate surface area is 125 Å². The Hall–Kier alpha value is -0.770. The zero-order valence-electron chi connectivity index (χ0n) is 9.55. The van der Waals surface area contributed by atoms with E-state index in [0.29, 0.717) is 0 Å². The molecule has 1 heterocycles. The number of pyridine rings is 1. The second-order valence-electron chi connectivity index (χ2n) is 3.32. The van der Waals surface area contributed by atoms with Gasteiger partial charge in [-0.15, -0.1) is 24.8 Å². The molecule has 0 aromatic carbocycles. The van der Waals surface area contributed by atoms with Gasteiger partial charge in [0.15, 0.2) is 5.75 Å². The molecule has 0 bridgehead atoms. The second kappa shape index (κ2) is 6.60. The first kappa shape index (κ1) is 16.3. The zero-order chi connectivity index (χ0) is 14.6. The van der Waals surface area contributed by atoms with Crippen LogP contribution in [0.25, 0.3) is 0 Å². The van der Waals surface area contributed by atoms with Crippen molar-refractivity contribution in [1.82, 2.24) is 4.98 Å². The molecule has 0 saturated heterocycles. The zero-order valence-corrected chi connectivity index (χ0v) is 12.5. The van der Waals surface area contributed by atoms with Crippen LogP contribution in [0.1, 0.15) is 11.1 Å². The largest absolute Gasteiger partial charge is 0.573 e. The molecular weight excluding hydrogens is 401 g/mol. The molecule has 0 amide bonds. The lowest BCUT2D eigenvalue weighted by Crippen LogP contribution is -2.20. The molecule has 1 aromatic heterocycles. The molecule has 0 fully saturated rings. The maximum absolute atomic E-state index is 12.3. The molecule has 106 valence electrons. The van der Waals surface area contributed by atoms with E-state index in [9.17, 15) is 18.0 Å². The fraction of sp³-hybridized carbons (Fsp3) is 0.400. The standard InChI is InChI=1S/C10H8ClF3INO3/c1-18-7(17)2-5-4-16-9(15)8(6(5)3-11)19-10(12,13)14/h4H,2-3H2,1H3. The molecule has 0 saturated carbocycles. The third-order valence-corrected chi connectivity index (χ3v) is 3.13. The summed E-state index contributed by atoms with van der Waals surface area (Å²) in [5, 5.41) is 0. The first-order chi connectivity index (χ1) is 8.78. The van der Waals surface area contributed by atoms with Crippen LogP contribution in [0.3, 0.4) is 0 Å². The van der Waals surface area contributed by atoms with E-state index in [0.717, 1.165) is 0 Å². The van der Waals surface area contributed by atoms with Gasteiger partial charge in [0.2, 0.25) is 0 Å². The Morgan fingerprint density at radius 2 is 2.16 bits per heavy atom. The maximum atomic E-state index is 12.3. The lowest BCUT2D eigenvalue weighted by molar-refractivity contribution is -0.275. The summed E-state index contributed by atoms with van der Waals surface area (Å²) in [7, 11) is 1.18. The van der Waals surface area contributed by atoms with Gasteiger partial charge in [-0.3, -0.25) is 4.79 Å². The molecule has 4 nitrogen and oxygen atoms in total. The molecule has 0 aliphatic heterocycles. The van der Waals surface area contributed by atoms with Crippen molar-refractivity contribution in [2.24, 2.45) is 0 Å². The number of nitrogens with zero attached hydrogens (tertiary/aromatic N) is 1. The van der Waals surface area contributed by atoms with Crippen LogP contribution in [0.4, 0.5) is 13.2 Å². The lowest BCUT2D eigenvalue weighted by atomic mass is 10.1. The molecule has 0 atom stereocenters. The van der Waals surface area contributed by atoms with E-state index >= 15 is 0 Å². The van der Waals surface area contributed by atoms with Gasteiger partial charge in [-0.2, -0.15) is 0 Å². The number of alkyl halides is 4. The molecule has 1 aromatic rings. The average Bonchev–Trinajstić information content (AvgIpc) is 2.31. The summed E-state index contributed by atoms with van der Waals surface area (Å²) < 4.78 is 45.3. The minimum absolute atomic E-state index is 0.0131. The van der Waals surface area contributed by atoms with Crippen molar-refractivity contribution in [1.29, 1.82) is 0 Å². The van der Waals surface area contributed by atoms with Crippen molar-refractivity contribution in [2.45, 2.75) is 18.7 Å². The van der Waals surface area contributed by atoms with Gasteiger partial charge in [0, 0.05) is 11.8 Å². The number of carbonyl (C=O) groups is 1. The van der Waals surface area contributed by atoms with Crippen molar-refractivity contribution >= 4 is 40.2 Å². The third-order valence-electron chi connectivity index (χ3n) is 2.10. The number of esters is 1. The van der Waals surface area contributed by atoms with Crippen LogP contribution in [-0.2, 0) is 21.8 Å². The number of hydrogen-bond donors (Lipinski definition) is 0. The Morgan fingerprint density at radius 3 is 2.63 bits per heavy atom. The van der Waals surface area contributed by atoms with Gasteiger partial charge in [0.25, 0.3) is 0 Å². The molecule has 9 heteroatoms. The van der Waals surface area contributed by atoms with Gasteiger partial charge in [-0.25, -0.2) is 4.98 Å². The highest BCUT2D eigenvalue weighted by Gasteiger charge is 2.34. The smallest absolute Gasteiger partial charge is 0.469 e. The van der Waals surface area contributed by atoms with E-state index in [1.165, 1.54) is 13.3 Å². The first-order valence-electron chi connectivity index (χ1n) is 4.83. The molecule has 0 unspecified atom stereocenters. The van der Waals surface area contributed by atoms with Crippen LogP contribution in [0.2, 0.25) is 0 Å². The fourth-order valence-electron chi connectivity index (χ4n) is 1.29. The van der Waals surface area contributed by atoms with Crippen molar-refractivity contribution < 1.29 is 27.4 Å². The van der Waals surface area contributed by atoms with Crippen LogP contribution in [0.15, 0.2) is 6.20 Å². The van der Waals surface area contributed by atoms with Crippen LogP contribution in [0.5, 0.6) is 5.75 Å². The molecule has 0 aliphatic carbocycles. The highest BCUT2D eigenvalue weighted by molar-refractivity contribution is 14.1. The summed E-state index contributed by atoms with van der Waals surface area (Å²) in [6, 6.07) is 0. The summed E-state index contributed by atoms with van der Waals surface area (Å²) in [5.74, 6) is -1.33. The van der Waals surface area contributed by atoms with Crippen molar-refractivity contribution in [3.8, 4) is 5.75 Å². The number of methoxy groups -OCH3 is 1. The van der Waals surface area contributed by atoms with Gasteiger partial charge < -0.3 is 9.47 Å². The van der Waals surface area contributed by atoms with E-state index in [-0.39, 0.29) is 27.1 Å². The van der Waals surface area contributed by atoms with E-state index in [1.54, 1.807) is 22.6 Å². The van der Waals surface area contributed by atoms with E-state index in [2.05, 4.69) is 14.5 Å². The number of aromatic nitrogens is 1. The number of ether oxygens (including phenoxy) is 2. The highest BCUT2D eigenvalue weighted by Crippen LogP contribution is 2.33. The van der Waals surface area contributed by atoms with Crippen molar-refractivity contribution in [3.05, 3.63) is 21.0 Å². The molecule has 1 rings (SSSR count). The minimum atomic E-state index is -4.85. The summed E-state index contributed by atoms with van der Waals surface area (Å²) in [6.45, 7) is 0.